The van der Waals surface area contributed by atoms with Gasteiger partial charge in [-0.1, -0.05) is 42.5 Å². The first kappa shape index (κ1) is 60.2. The number of hydrogen-bond donors (Lipinski definition) is 0. The van der Waals surface area contributed by atoms with Crippen LogP contribution < -0.4 is 4.90 Å². The zero-order valence-corrected chi connectivity index (χ0v) is 51.4. The Morgan fingerprint density at radius 1 is 0.634 bits per heavy atom. The molecule has 0 amide bonds. The fraction of sp³-hybridized carbons (Fsp3) is 0.194. The maximum absolute atomic E-state index is 13.8. The molecule has 6 heterocycles. The van der Waals surface area contributed by atoms with Crippen molar-refractivity contribution in [2.24, 2.45) is 0 Å². The molecule has 0 spiro atoms. The highest BCUT2D eigenvalue weighted by Gasteiger charge is 2.21. The summed E-state index contributed by atoms with van der Waals surface area (Å²) >= 11 is 13.8. The van der Waals surface area contributed by atoms with Crippen LogP contribution in [0.1, 0.15) is 55.6 Å². The van der Waals surface area contributed by atoms with E-state index in [1.54, 1.807) is 45.3 Å². The predicted octanol–water partition coefficient (Wildman–Crippen LogP) is 19.7. The van der Waals surface area contributed by atoms with Gasteiger partial charge in [0.25, 0.3) is 0 Å². The summed E-state index contributed by atoms with van der Waals surface area (Å²) < 4.78 is 50.5. The number of nitriles is 1. The molecular formula is C62H52ClF3N8O3S5. The summed E-state index contributed by atoms with van der Waals surface area (Å²) in [5.41, 5.74) is 16.4. The third-order valence-corrected chi connectivity index (χ3v) is 19.0. The van der Waals surface area contributed by atoms with Gasteiger partial charge in [-0.15, -0.1) is 56.7 Å². The van der Waals surface area contributed by atoms with Gasteiger partial charge in [0.2, 0.25) is 5.69 Å². The molecule has 20 heteroatoms. The fourth-order valence-electron chi connectivity index (χ4n) is 8.61. The number of nitrogens with zero attached hydrogens (tertiary/aromatic N) is 8. The van der Waals surface area contributed by atoms with Gasteiger partial charge in [-0.25, -0.2) is 38.0 Å². The Kier molecular flexibility index (Phi) is 18.7. The Balaban J connectivity index is 0.000000140. The molecule has 6 aromatic heterocycles. The van der Waals surface area contributed by atoms with E-state index in [-0.39, 0.29) is 10.6 Å². The van der Waals surface area contributed by atoms with E-state index in [0.717, 1.165) is 92.0 Å². The lowest BCUT2D eigenvalue weighted by atomic mass is 10.0. The molecule has 82 heavy (non-hydrogen) atoms. The van der Waals surface area contributed by atoms with Crippen LogP contribution >= 0.6 is 68.3 Å². The monoisotopic (exact) mass is 1210 g/mol. The van der Waals surface area contributed by atoms with Crippen molar-refractivity contribution < 1.29 is 22.5 Å². The summed E-state index contributed by atoms with van der Waals surface area (Å²) in [5.74, 6) is -2.02. The second-order valence-electron chi connectivity index (χ2n) is 19.2. The predicted molar refractivity (Wildman–Crippen MR) is 336 cm³/mol. The smallest absolute Gasteiger partial charge is 0.209 e. The van der Waals surface area contributed by atoms with E-state index in [0.29, 0.717) is 28.6 Å². The quantitative estimate of drug-likeness (QED) is 0.0936. The molecule has 6 aromatic carbocycles. The number of thiazole rings is 4. The van der Waals surface area contributed by atoms with E-state index in [2.05, 4.69) is 121 Å². The third-order valence-electron chi connectivity index (χ3n) is 13.0. The summed E-state index contributed by atoms with van der Waals surface area (Å²) in [6.45, 7) is 25.3. The van der Waals surface area contributed by atoms with Crippen molar-refractivity contribution >= 4 is 121 Å². The molecule has 0 saturated carbocycles. The van der Waals surface area contributed by atoms with Gasteiger partial charge in [0.05, 0.1) is 64.8 Å². The van der Waals surface area contributed by atoms with Gasteiger partial charge in [-0.2, -0.15) is 5.26 Å². The number of halogens is 4. The number of thiophene rings is 1. The van der Waals surface area contributed by atoms with Crippen LogP contribution in [0.15, 0.2) is 101 Å². The summed E-state index contributed by atoms with van der Waals surface area (Å²) in [6.07, 6.45) is 0. The molecule has 0 aliphatic heterocycles. The minimum absolute atomic E-state index is 0.229. The van der Waals surface area contributed by atoms with Gasteiger partial charge in [-0.05, 0) is 166 Å². The highest BCUT2D eigenvalue weighted by atomic mass is 35.5. The van der Waals surface area contributed by atoms with Crippen molar-refractivity contribution in [3.63, 3.8) is 0 Å². The lowest BCUT2D eigenvalue weighted by Crippen LogP contribution is -2.07. The fourth-order valence-corrected chi connectivity index (χ4v) is 14.2. The molecular weight excluding hydrogens is 1160 g/mol. The van der Waals surface area contributed by atoms with Crippen molar-refractivity contribution in [2.75, 3.05) is 26.0 Å². The number of anilines is 1. The first-order valence-electron chi connectivity index (χ1n) is 25.1. The lowest BCUT2D eigenvalue weighted by Gasteiger charge is -2.11. The molecule has 12 aromatic rings. The molecule has 0 radical (unpaired) electrons. The minimum atomic E-state index is -0.933. The lowest BCUT2D eigenvalue weighted by molar-refractivity contribution is -0.445. The topological polar surface area (TPSA) is 139 Å². The number of aromatic nitrogens is 4. The van der Waals surface area contributed by atoms with E-state index in [9.17, 15) is 18.4 Å². The molecule has 0 bridgehead atoms. The average Bonchev–Trinajstić information content (AvgIpc) is 4.36. The number of rotatable bonds is 5. The van der Waals surface area contributed by atoms with Crippen LogP contribution in [-0.4, -0.2) is 46.0 Å². The SMILES string of the molecule is C[N+](=O)[O-].Cc1cc(Cl)oc1-c1nc2c(C)ccc(C)c2s1.Cc1ccc(C)c2sc(-c3c(F)cc(F)cc3F)nc12.Cc1ccc(C)c2sc(-c3ccc(N(C)C)cc3)nc12.[C-]#[N+]c1c(C#N)c(C)c2nc(-c3cccs3)sc2c1C. The number of nitro groups is 1. The van der Waals surface area contributed by atoms with Gasteiger partial charge in [0.1, 0.15) is 32.5 Å². The Morgan fingerprint density at radius 3 is 1.55 bits per heavy atom. The van der Waals surface area contributed by atoms with Crippen LogP contribution in [-0.2, 0) is 0 Å². The van der Waals surface area contributed by atoms with Crippen LogP contribution in [0.2, 0.25) is 5.22 Å². The van der Waals surface area contributed by atoms with E-state index < -0.39 is 22.4 Å². The molecule has 11 nitrogen and oxygen atoms in total. The number of furan rings is 1. The van der Waals surface area contributed by atoms with Crippen molar-refractivity contribution in [3.8, 4) is 47.9 Å². The largest absolute Gasteiger partial charge is 0.442 e. The third kappa shape index (κ3) is 12.9. The van der Waals surface area contributed by atoms with Gasteiger partial charge in [-0.3, -0.25) is 10.1 Å². The standard InChI is InChI=1S/C17H18N2S.C15H10F3NS.C15H9N3S2.C14H12ClNOS.CH3NO2/c1-11-5-6-12(2)16-15(11)18-17(20-16)13-7-9-14(10-8-13)19(3)4;1-7-3-4-8(2)14-13(7)19-15(20-14)12-10(17)5-9(16)6-11(12)18;1-8-10(7-16)12(17-3)9(2)14-13(8)18-15(20-14)11-5-4-6-19-11;1-7-4-5-8(2)13-11(7)16-14(18-13)12-9(3)6-10(15)17-12;1-2(3)4/h5-10H,1-4H3;3-6H,1-2H3;4-6H,1-2H3;4-6H,1-3H3;1H3. The first-order chi connectivity index (χ1) is 39.0. The van der Waals surface area contributed by atoms with Crippen LogP contribution in [0.5, 0.6) is 0 Å². The van der Waals surface area contributed by atoms with E-state index >= 15 is 0 Å². The van der Waals surface area contributed by atoms with Crippen molar-refractivity contribution in [3.05, 3.63) is 196 Å². The summed E-state index contributed by atoms with van der Waals surface area (Å²) in [5, 5.41) is 23.7. The average molecular weight is 1210 g/mol. The van der Waals surface area contributed by atoms with Crippen molar-refractivity contribution in [1.29, 1.82) is 5.26 Å². The summed E-state index contributed by atoms with van der Waals surface area (Å²) in [7, 11) is 5.00. The Hall–Kier alpha value is -7.88. The zero-order valence-electron chi connectivity index (χ0n) is 46.6. The maximum atomic E-state index is 13.8. The summed E-state index contributed by atoms with van der Waals surface area (Å²) in [4.78, 5) is 33.6. The van der Waals surface area contributed by atoms with E-state index in [1.807, 2.05) is 70.3 Å². The zero-order chi connectivity index (χ0) is 59.4. The molecule has 0 aliphatic carbocycles. The van der Waals surface area contributed by atoms with Gasteiger partial charge in [0.15, 0.2) is 23.0 Å². The van der Waals surface area contributed by atoms with Gasteiger partial charge in [0, 0.05) is 47.1 Å². The van der Waals surface area contributed by atoms with Crippen LogP contribution in [0, 0.1) is 108 Å². The molecule has 0 saturated heterocycles. The van der Waals surface area contributed by atoms with Crippen molar-refractivity contribution in [1.82, 2.24) is 19.9 Å². The molecule has 12 rings (SSSR count). The second kappa shape index (κ2) is 25.5. The molecule has 0 atom stereocenters. The number of aryl methyl sites for hydroxylation is 9. The second-order valence-corrected chi connectivity index (χ2v) is 24.6. The molecule has 0 unspecified atom stereocenters. The Bertz CT molecular complexity index is 4250. The number of hydrogen-bond acceptors (Lipinski definition) is 14. The maximum Gasteiger partial charge on any atom is 0.209 e. The van der Waals surface area contributed by atoms with Gasteiger partial charge >= 0.3 is 0 Å². The molecule has 0 fully saturated rings. The van der Waals surface area contributed by atoms with Crippen LogP contribution in [0.3, 0.4) is 0 Å². The molecule has 416 valence electrons. The molecule has 0 aliphatic rings. The Labute approximate surface area is 497 Å². The highest BCUT2D eigenvalue weighted by molar-refractivity contribution is 7.25. The Morgan fingerprint density at radius 2 is 1.10 bits per heavy atom. The normalized spacial score (nSPS) is 10.8. The van der Waals surface area contributed by atoms with E-state index in [4.69, 9.17) is 37.7 Å². The van der Waals surface area contributed by atoms with Crippen molar-refractivity contribution in [2.45, 2.75) is 62.3 Å². The van der Waals surface area contributed by atoms with E-state index in [1.165, 1.54) is 54.2 Å². The summed E-state index contributed by atoms with van der Waals surface area (Å²) in [6, 6.07) is 30.3. The van der Waals surface area contributed by atoms with Gasteiger partial charge < -0.3 is 9.32 Å². The first-order valence-corrected chi connectivity index (χ1v) is 29.6. The molecule has 0 N–H and O–H groups in total. The minimum Gasteiger partial charge on any atom is -0.442 e. The van der Waals surface area contributed by atoms with Crippen LogP contribution in [0.4, 0.5) is 24.5 Å². The number of benzene rings is 6. The van der Waals surface area contributed by atoms with Crippen LogP contribution in [0.25, 0.3) is 87.5 Å². The number of fused-ring (bicyclic) bond motifs is 4. The highest BCUT2D eigenvalue weighted by Crippen LogP contribution is 2.43.